The Labute approximate surface area is 191 Å². The van der Waals surface area contributed by atoms with E-state index in [9.17, 15) is 4.79 Å². The summed E-state index contributed by atoms with van der Waals surface area (Å²) >= 11 is 0. The predicted octanol–water partition coefficient (Wildman–Crippen LogP) is 3.92. The van der Waals surface area contributed by atoms with Gasteiger partial charge in [-0.1, -0.05) is 109 Å². The lowest BCUT2D eigenvalue weighted by Gasteiger charge is -2.05. The summed E-state index contributed by atoms with van der Waals surface area (Å²) in [5, 5.41) is 2.76. The van der Waals surface area contributed by atoms with Gasteiger partial charge in [-0.25, -0.2) is 4.79 Å². The van der Waals surface area contributed by atoms with Gasteiger partial charge < -0.3 is 17.1 Å². The topological polar surface area (TPSA) is 42.2 Å². The minimum atomic E-state index is -0.331. The number of halogens is 1. The van der Waals surface area contributed by atoms with Crippen molar-refractivity contribution in [3.63, 3.8) is 0 Å². The maximum Gasteiger partial charge on any atom is 0.411 e. The minimum absolute atomic E-state index is 0. The number of carbonyl (C=O) groups excluding carboxylic acids is 1. The first kappa shape index (κ1) is 28.7. The molecule has 1 aromatic heterocycles. The Bertz CT molecular complexity index is 485. The Morgan fingerprint density at radius 1 is 0.700 bits per heavy atom. The van der Waals surface area contributed by atoms with Crippen LogP contribution in [0.3, 0.4) is 0 Å². The van der Waals surface area contributed by atoms with Gasteiger partial charge in [0.25, 0.3) is 0 Å². The molecule has 0 saturated heterocycles. The van der Waals surface area contributed by atoms with Crippen LogP contribution < -0.4 is 22.3 Å². The Morgan fingerprint density at radius 3 is 1.60 bits per heavy atom. The second-order valence-corrected chi connectivity index (χ2v) is 8.16. The van der Waals surface area contributed by atoms with Gasteiger partial charge in [0.2, 0.25) is 6.67 Å². The number of ether oxygens (including phenoxy) is 1. The van der Waals surface area contributed by atoms with Gasteiger partial charge in [0.15, 0.2) is 12.4 Å². The summed E-state index contributed by atoms with van der Waals surface area (Å²) in [7, 11) is 0. The van der Waals surface area contributed by atoms with Gasteiger partial charge in [0.1, 0.15) is 0 Å². The molecule has 1 aromatic rings. The molecule has 0 atom stereocenters. The number of amides is 1. The van der Waals surface area contributed by atoms with E-state index in [1.807, 2.05) is 35.2 Å². The zero-order valence-electron chi connectivity index (χ0n) is 19.3. The first-order valence-electron chi connectivity index (χ1n) is 12.2. The molecule has 1 N–H and O–H groups in total. The van der Waals surface area contributed by atoms with Crippen LogP contribution in [0, 0.1) is 0 Å². The summed E-state index contributed by atoms with van der Waals surface area (Å²) in [6, 6.07) is 5.82. The van der Waals surface area contributed by atoms with E-state index in [1.54, 1.807) is 0 Å². The zero-order valence-corrected chi connectivity index (χ0v) is 20.0. The Balaban J connectivity index is 0.00000841. The summed E-state index contributed by atoms with van der Waals surface area (Å²) in [6.45, 7) is 3.24. The standard InChI is InChI=1S/C25H44N2O2.ClH/c1-2-3-4-5-6-7-8-9-10-11-12-13-14-15-16-20-23-29-25(28)26-24-27-21-18-17-19-22-27;/h17-19,21-22H,2-16,20,23-24H2,1H3;1H. The molecule has 0 spiro atoms. The molecule has 0 aliphatic heterocycles. The molecule has 1 rings (SSSR count). The van der Waals surface area contributed by atoms with E-state index in [4.69, 9.17) is 4.74 Å². The molecule has 30 heavy (non-hydrogen) atoms. The van der Waals surface area contributed by atoms with Gasteiger partial charge in [0.05, 0.1) is 6.61 Å². The third kappa shape index (κ3) is 18.7. The first-order chi connectivity index (χ1) is 14.3. The van der Waals surface area contributed by atoms with Crippen molar-refractivity contribution >= 4 is 6.09 Å². The number of alkyl carbamates (subject to hydrolysis) is 1. The molecule has 1 amide bonds. The highest BCUT2D eigenvalue weighted by atomic mass is 35.5. The van der Waals surface area contributed by atoms with Crippen LogP contribution in [0.4, 0.5) is 4.79 Å². The largest absolute Gasteiger partial charge is 1.00 e. The van der Waals surface area contributed by atoms with Gasteiger partial charge >= 0.3 is 6.09 Å². The molecule has 0 fully saturated rings. The molecule has 0 radical (unpaired) electrons. The normalized spacial score (nSPS) is 10.4. The first-order valence-corrected chi connectivity index (χ1v) is 12.2. The van der Waals surface area contributed by atoms with E-state index in [1.165, 1.54) is 89.9 Å². The number of carbonyl (C=O) groups is 1. The van der Waals surface area contributed by atoms with Crippen molar-refractivity contribution < 1.29 is 26.5 Å². The van der Waals surface area contributed by atoms with Crippen molar-refractivity contribution in [2.45, 2.75) is 116 Å². The maximum atomic E-state index is 11.6. The summed E-state index contributed by atoms with van der Waals surface area (Å²) in [6.07, 6.45) is 25.1. The van der Waals surface area contributed by atoms with E-state index in [0.717, 1.165) is 12.8 Å². The quantitative estimate of drug-likeness (QED) is 0.261. The number of hydrogen-bond donors (Lipinski definition) is 1. The Morgan fingerprint density at radius 2 is 1.13 bits per heavy atom. The van der Waals surface area contributed by atoms with E-state index in [0.29, 0.717) is 13.3 Å². The number of hydrogen-bond acceptors (Lipinski definition) is 2. The summed E-state index contributed by atoms with van der Waals surface area (Å²) < 4.78 is 7.12. The lowest BCUT2D eigenvalue weighted by molar-refractivity contribution is -0.700. The average Bonchev–Trinajstić information content (AvgIpc) is 2.75. The number of rotatable bonds is 19. The molecule has 0 bridgehead atoms. The highest BCUT2D eigenvalue weighted by Gasteiger charge is 2.04. The monoisotopic (exact) mass is 440 g/mol. The molecule has 0 unspecified atom stereocenters. The number of pyridine rings is 1. The lowest BCUT2D eigenvalue weighted by atomic mass is 10.0. The average molecular weight is 441 g/mol. The van der Waals surface area contributed by atoms with Gasteiger partial charge in [-0.15, -0.1) is 0 Å². The Hall–Kier alpha value is -1.29. The minimum Gasteiger partial charge on any atom is -1.00 e. The van der Waals surface area contributed by atoms with Gasteiger partial charge in [-0.05, 0) is 6.42 Å². The lowest BCUT2D eigenvalue weighted by Crippen LogP contribution is -3.00. The third-order valence-electron chi connectivity index (χ3n) is 5.41. The number of nitrogens with one attached hydrogen (secondary N) is 1. The predicted molar refractivity (Wildman–Crippen MR) is 121 cm³/mol. The highest BCUT2D eigenvalue weighted by molar-refractivity contribution is 5.66. The van der Waals surface area contributed by atoms with Crippen LogP contribution in [0.15, 0.2) is 30.6 Å². The van der Waals surface area contributed by atoms with Crippen LogP contribution in [0.25, 0.3) is 0 Å². The van der Waals surface area contributed by atoms with Crippen LogP contribution in [0.2, 0.25) is 0 Å². The molecule has 174 valence electrons. The fourth-order valence-corrected chi connectivity index (χ4v) is 3.56. The molecule has 0 aromatic carbocycles. The molecule has 1 heterocycles. The van der Waals surface area contributed by atoms with Gasteiger partial charge in [-0.3, -0.25) is 5.32 Å². The van der Waals surface area contributed by atoms with Crippen LogP contribution in [-0.2, 0) is 11.4 Å². The SMILES string of the molecule is CCCCCCCCCCCCCCCCCCOC(=O)NC[n+]1ccccc1.[Cl-]. The summed E-state index contributed by atoms with van der Waals surface area (Å²) in [5.74, 6) is 0. The van der Waals surface area contributed by atoms with Crippen LogP contribution in [0.1, 0.15) is 110 Å². The molecule has 4 nitrogen and oxygen atoms in total. The van der Waals surface area contributed by atoms with Crippen molar-refractivity contribution in [1.82, 2.24) is 5.32 Å². The fraction of sp³-hybridized carbons (Fsp3) is 0.760. The smallest absolute Gasteiger partial charge is 0.411 e. The van der Waals surface area contributed by atoms with Crippen LogP contribution >= 0.6 is 0 Å². The van der Waals surface area contributed by atoms with Crippen molar-refractivity contribution in [3.05, 3.63) is 30.6 Å². The van der Waals surface area contributed by atoms with Gasteiger partial charge in [0, 0.05) is 12.1 Å². The summed E-state index contributed by atoms with van der Waals surface area (Å²) in [4.78, 5) is 11.6. The van der Waals surface area contributed by atoms with E-state index < -0.39 is 0 Å². The Kier molecular flexibility index (Phi) is 21.4. The number of nitrogens with zero attached hydrogens (tertiary/aromatic N) is 1. The van der Waals surface area contributed by atoms with Crippen molar-refractivity contribution in [2.24, 2.45) is 0 Å². The molecular weight excluding hydrogens is 396 g/mol. The second-order valence-electron chi connectivity index (χ2n) is 8.16. The van der Waals surface area contributed by atoms with Crippen molar-refractivity contribution in [1.29, 1.82) is 0 Å². The zero-order chi connectivity index (χ0) is 20.8. The van der Waals surface area contributed by atoms with E-state index in [-0.39, 0.29) is 18.5 Å². The molecule has 5 heteroatoms. The second kappa shape index (κ2) is 22.4. The van der Waals surface area contributed by atoms with Crippen molar-refractivity contribution in [2.75, 3.05) is 6.61 Å². The highest BCUT2D eigenvalue weighted by Crippen LogP contribution is 2.13. The third-order valence-corrected chi connectivity index (χ3v) is 5.41. The van der Waals surface area contributed by atoms with Crippen LogP contribution in [-0.4, -0.2) is 12.7 Å². The number of unbranched alkanes of at least 4 members (excludes halogenated alkanes) is 15. The molecule has 0 aliphatic carbocycles. The maximum absolute atomic E-state index is 11.6. The molecule has 0 aliphatic rings. The van der Waals surface area contributed by atoms with E-state index in [2.05, 4.69) is 12.2 Å². The van der Waals surface area contributed by atoms with E-state index >= 15 is 0 Å². The van der Waals surface area contributed by atoms with Crippen molar-refractivity contribution in [3.8, 4) is 0 Å². The van der Waals surface area contributed by atoms with Gasteiger partial charge in [-0.2, -0.15) is 4.57 Å². The number of aromatic nitrogens is 1. The van der Waals surface area contributed by atoms with Crippen LogP contribution in [0.5, 0.6) is 0 Å². The molecule has 0 saturated carbocycles. The fourth-order valence-electron chi connectivity index (χ4n) is 3.56. The molecular formula is C25H45ClN2O2. The summed E-state index contributed by atoms with van der Waals surface area (Å²) in [5.41, 5.74) is 0.